The Bertz CT molecular complexity index is 1000. The maximum absolute atomic E-state index is 12.4. The number of hydrogen-bond donors (Lipinski definition) is 2. The van der Waals surface area contributed by atoms with Crippen LogP contribution in [0.4, 0.5) is 5.69 Å². The lowest BCUT2D eigenvalue weighted by Crippen LogP contribution is -2.17. The number of aromatic nitrogens is 3. The first-order valence-electron chi connectivity index (χ1n) is 8.12. The van der Waals surface area contributed by atoms with Crippen molar-refractivity contribution >= 4 is 55.2 Å². The molecule has 0 aliphatic heterocycles. The van der Waals surface area contributed by atoms with Crippen LogP contribution in [0, 0.1) is 6.92 Å². The van der Waals surface area contributed by atoms with Gasteiger partial charge >= 0.3 is 0 Å². The van der Waals surface area contributed by atoms with E-state index >= 15 is 0 Å². The molecule has 0 bridgehead atoms. The molecule has 0 saturated heterocycles. The maximum Gasteiger partial charge on any atom is 0.234 e. The number of amides is 1. The number of thioether (sulfide) groups is 1. The van der Waals surface area contributed by atoms with E-state index in [1.165, 1.54) is 16.4 Å². The lowest BCUT2D eigenvalue weighted by atomic mass is 10.2. The van der Waals surface area contributed by atoms with Crippen LogP contribution in [0.1, 0.15) is 5.56 Å². The van der Waals surface area contributed by atoms with E-state index in [0.717, 1.165) is 20.1 Å². The minimum Gasteiger partial charge on any atom is -0.497 e. The summed E-state index contributed by atoms with van der Waals surface area (Å²) < 4.78 is 8.20. The van der Waals surface area contributed by atoms with Gasteiger partial charge in [0, 0.05) is 14.5 Å². The van der Waals surface area contributed by atoms with E-state index in [2.05, 4.69) is 47.4 Å². The Hall–Kier alpha value is -2.04. The van der Waals surface area contributed by atoms with Gasteiger partial charge in [0.2, 0.25) is 11.1 Å². The second kappa shape index (κ2) is 8.97. The molecule has 3 aromatic rings. The monoisotopic (exact) mass is 525 g/mol. The van der Waals surface area contributed by atoms with E-state index in [4.69, 9.17) is 10.6 Å². The predicted octanol–water partition coefficient (Wildman–Crippen LogP) is 4.23. The summed E-state index contributed by atoms with van der Waals surface area (Å²) in [5.41, 5.74) is 2.54. The summed E-state index contributed by atoms with van der Waals surface area (Å²) in [6, 6.07) is 11.2. The first-order chi connectivity index (χ1) is 13.4. The molecule has 1 heterocycles. The average molecular weight is 527 g/mol. The van der Waals surface area contributed by atoms with Gasteiger partial charge in [0.15, 0.2) is 5.82 Å². The van der Waals surface area contributed by atoms with E-state index in [9.17, 15) is 4.79 Å². The Balaban J connectivity index is 1.68. The van der Waals surface area contributed by atoms with Crippen molar-refractivity contribution in [2.75, 3.05) is 24.0 Å². The molecule has 2 aromatic carbocycles. The van der Waals surface area contributed by atoms with Crippen molar-refractivity contribution in [3.8, 4) is 17.1 Å². The number of nitrogens with one attached hydrogen (secondary N) is 1. The minimum atomic E-state index is -0.179. The molecule has 7 nitrogen and oxygen atoms in total. The largest absolute Gasteiger partial charge is 0.497 e. The number of ether oxygens (including phenoxy) is 1. The van der Waals surface area contributed by atoms with Gasteiger partial charge in [-0.2, -0.15) is 0 Å². The van der Waals surface area contributed by atoms with Crippen LogP contribution >= 0.6 is 43.6 Å². The summed E-state index contributed by atoms with van der Waals surface area (Å²) in [5.74, 6) is 7.26. The van der Waals surface area contributed by atoms with Crippen molar-refractivity contribution in [2.45, 2.75) is 12.1 Å². The van der Waals surface area contributed by atoms with Crippen LogP contribution in [-0.4, -0.2) is 33.6 Å². The smallest absolute Gasteiger partial charge is 0.234 e. The average Bonchev–Trinajstić information content (AvgIpc) is 3.03. The Morgan fingerprint density at radius 2 is 1.96 bits per heavy atom. The summed E-state index contributed by atoms with van der Waals surface area (Å²) >= 11 is 8.14. The standard InChI is InChI=1S/C18H17Br2N5O2S/c1-10-6-13(19)16(14(20)7-10)22-15(26)9-28-18-24-23-17(25(18)21)11-4-3-5-12(8-11)27-2/h3-8H,9,21H2,1-2H3,(H,22,26). The molecule has 3 N–H and O–H groups in total. The molecule has 0 radical (unpaired) electrons. The highest BCUT2D eigenvalue weighted by molar-refractivity contribution is 9.11. The SMILES string of the molecule is COc1cccc(-c2nnc(SCC(=O)Nc3c(Br)cc(C)cc3Br)n2N)c1. The number of methoxy groups -OCH3 is 1. The second-order valence-electron chi connectivity index (χ2n) is 5.85. The number of nitrogen functional groups attached to an aromatic ring is 1. The number of carbonyl (C=O) groups is 1. The molecule has 3 rings (SSSR count). The number of benzene rings is 2. The zero-order valence-electron chi connectivity index (χ0n) is 15.1. The zero-order chi connectivity index (χ0) is 20.3. The third-order valence-electron chi connectivity index (χ3n) is 3.78. The first-order valence-corrected chi connectivity index (χ1v) is 10.7. The van der Waals surface area contributed by atoms with Gasteiger partial charge in [0.25, 0.3) is 0 Å². The van der Waals surface area contributed by atoms with E-state index in [-0.39, 0.29) is 11.7 Å². The van der Waals surface area contributed by atoms with Gasteiger partial charge < -0.3 is 15.9 Å². The molecular formula is C18H17Br2N5O2S. The van der Waals surface area contributed by atoms with E-state index < -0.39 is 0 Å². The van der Waals surface area contributed by atoms with Crippen molar-refractivity contribution in [1.29, 1.82) is 0 Å². The fraction of sp³-hybridized carbons (Fsp3) is 0.167. The molecule has 1 amide bonds. The molecule has 28 heavy (non-hydrogen) atoms. The lowest BCUT2D eigenvalue weighted by Gasteiger charge is -2.10. The predicted molar refractivity (Wildman–Crippen MR) is 118 cm³/mol. The number of aryl methyl sites for hydroxylation is 1. The van der Waals surface area contributed by atoms with Crippen molar-refractivity contribution in [2.24, 2.45) is 0 Å². The number of halogens is 2. The number of nitrogens with two attached hydrogens (primary N) is 1. The van der Waals surface area contributed by atoms with Gasteiger partial charge in [0.05, 0.1) is 18.6 Å². The molecule has 146 valence electrons. The van der Waals surface area contributed by atoms with Gasteiger partial charge in [0.1, 0.15) is 5.75 Å². The Morgan fingerprint density at radius 1 is 1.25 bits per heavy atom. The van der Waals surface area contributed by atoms with Gasteiger partial charge in [-0.25, -0.2) is 4.68 Å². The molecule has 0 saturated carbocycles. The van der Waals surface area contributed by atoms with Crippen molar-refractivity contribution in [3.63, 3.8) is 0 Å². The second-order valence-corrected chi connectivity index (χ2v) is 8.50. The van der Waals surface area contributed by atoms with E-state index in [1.807, 2.05) is 43.3 Å². The van der Waals surface area contributed by atoms with Crippen LogP contribution in [0.15, 0.2) is 50.5 Å². The normalized spacial score (nSPS) is 10.7. The number of carbonyl (C=O) groups excluding carboxylic acids is 1. The van der Waals surface area contributed by atoms with Crippen LogP contribution in [0.2, 0.25) is 0 Å². The molecule has 10 heteroatoms. The Kier molecular flexibility index (Phi) is 6.63. The maximum atomic E-state index is 12.4. The fourth-order valence-corrected chi connectivity index (χ4v) is 4.73. The third kappa shape index (κ3) is 4.68. The fourth-order valence-electron chi connectivity index (χ4n) is 2.46. The van der Waals surface area contributed by atoms with Gasteiger partial charge in [-0.1, -0.05) is 23.9 Å². The van der Waals surface area contributed by atoms with Crippen molar-refractivity contribution in [1.82, 2.24) is 14.9 Å². The molecule has 0 aliphatic carbocycles. The van der Waals surface area contributed by atoms with Crippen LogP contribution in [0.25, 0.3) is 11.4 Å². The van der Waals surface area contributed by atoms with Gasteiger partial charge in [-0.15, -0.1) is 10.2 Å². The molecule has 0 spiro atoms. The number of anilines is 1. The summed E-state index contributed by atoms with van der Waals surface area (Å²) in [6.45, 7) is 1.98. The zero-order valence-corrected chi connectivity index (χ0v) is 19.1. The quantitative estimate of drug-likeness (QED) is 0.368. The Labute approximate surface area is 183 Å². The summed E-state index contributed by atoms with van der Waals surface area (Å²) in [7, 11) is 1.59. The molecule has 0 atom stereocenters. The molecule has 0 aliphatic rings. The number of rotatable bonds is 6. The van der Waals surface area contributed by atoms with Crippen LogP contribution in [0.3, 0.4) is 0 Å². The molecule has 1 aromatic heterocycles. The minimum absolute atomic E-state index is 0.139. The van der Waals surface area contributed by atoms with Gasteiger partial charge in [-0.05, 0) is 68.6 Å². The first kappa shape index (κ1) is 20.7. The third-order valence-corrected chi connectivity index (χ3v) is 5.97. The topological polar surface area (TPSA) is 95.1 Å². The molecule has 0 fully saturated rings. The Morgan fingerprint density at radius 3 is 2.64 bits per heavy atom. The van der Waals surface area contributed by atoms with Crippen LogP contribution < -0.4 is 15.9 Å². The molecule has 0 unspecified atom stereocenters. The summed E-state index contributed by atoms with van der Waals surface area (Å²) in [4.78, 5) is 12.4. The highest BCUT2D eigenvalue weighted by atomic mass is 79.9. The summed E-state index contributed by atoms with van der Waals surface area (Å²) in [5, 5.41) is 11.5. The van der Waals surface area contributed by atoms with Crippen LogP contribution in [-0.2, 0) is 4.79 Å². The highest BCUT2D eigenvalue weighted by Crippen LogP contribution is 2.32. The highest BCUT2D eigenvalue weighted by Gasteiger charge is 2.16. The lowest BCUT2D eigenvalue weighted by molar-refractivity contribution is -0.113. The van der Waals surface area contributed by atoms with E-state index in [1.54, 1.807) is 7.11 Å². The van der Waals surface area contributed by atoms with Gasteiger partial charge in [-0.3, -0.25) is 4.79 Å². The van der Waals surface area contributed by atoms with Crippen LogP contribution in [0.5, 0.6) is 5.75 Å². The van der Waals surface area contributed by atoms with Crippen molar-refractivity contribution in [3.05, 3.63) is 50.9 Å². The molecular weight excluding hydrogens is 510 g/mol. The number of hydrogen-bond acceptors (Lipinski definition) is 6. The number of nitrogens with zero attached hydrogens (tertiary/aromatic N) is 3. The van der Waals surface area contributed by atoms with E-state index in [0.29, 0.717) is 22.4 Å². The van der Waals surface area contributed by atoms with Crippen molar-refractivity contribution < 1.29 is 9.53 Å². The summed E-state index contributed by atoms with van der Waals surface area (Å²) in [6.07, 6.45) is 0.